The molecule has 0 bridgehead atoms. The van der Waals surface area contributed by atoms with Crippen LogP contribution in [0.3, 0.4) is 0 Å². The standard InChI is InChI=1S/C17H20N2O/c1-13(18)17(20)19-12-11-14-7-9-16(10-8-14)15-5-3-2-4-6-15/h2-10,13H,11-12,18H2,1H3,(H,19,20). The van der Waals surface area contributed by atoms with Gasteiger partial charge in [-0.05, 0) is 30.0 Å². The molecular formula is C17H20N2O. The van der Waals surface area contributed by atoms with Gasteiger partial charge < -0.3 is 11.1 Å². The zero-order chi connectivity index (χ0) is 14.4. The predicted octanol–water partition coefficient (Wildman–Crippen LogP) is 2.36. The van der Waals surface area contributed by atoms with Crippen molar-refractivity contribution in [1.82, 2.24) is 5.32 Å². The molecule has 0 heterocycles. The van der Waals surface area contributed by atoms with Crippen molar-refractivity contribution in [2.75, 3.05) is 6.54 Å². The van der Waals surface area contributed by atoms with Crippen molar-refractivity contribution in [2.45, 2.75) is 19.4 Å². The molecule has 0 saturated carbocycles. The van der Waals surface area contributed by atoms with Crippen LogP contribution < -0.4 is 11.1 Å². The SMILES string of the molecule is CC(N)C(=O)NCCc1ccc(-c2ccccc2)cc1. The van der Waals surface area contributed by atoms with Crippen molar-refractivity contribution in [2.24, 2.45) is 5.73 Å². The van der Waals surface area contributed by atoms with E-state index in [1.807, 2.05) is 18.2 Å². The summed E-state index contributed by atoms with van der Waals surface area (Å²) >= 11 is 0. The Balaban J connectivity index is 1.91. The molecule has 2 aromatic rings. The summed E-state index contributed by atoms with van der Waals surface area (Å²) in [6.45, 7) is 2.30. The summed E-state index contributed by atoms with van der Waals surface area (Å²) in [6.07, 6.45) is 0.813. The summed E-state index contributed by atoms with van der Waals surface area (Å²) in [7, 11) is 0. The Labute approximate surface area is 119 Å². The Morgan fingerprint density at radius 3 is 2.25 bits per heavy atom. The lowest BCUT2D eigenvalue weighted by Gasteiger charge is -2.08. The van der Waals surface area contributed by atoms with Crippen LogP contribution in [0.5, 0.6) is 0 Å². The number of nitrogens with one attached hydrogen (secondary N) is 1. The van der Waals surface area contributed by atoms with Crippen LogP contribution in [0.15, 0.2) is 54.6 Å². The van der Waals surface area contributed by atoms with Gasteiger partial charge in [0, 0.05) is 6.54 Å². The second-order valence-corrected chi connectivity index (χ2v) is 4.89. The zero-order valence-corrected chi connectivity index (χ0v) is 11.7. The molecule has 0 aliphatic heterocycles. The molecule has 3 heteroatoms. The van der Waals surface area contributed by atoms with E-state index in [2.05, 4.69) is 41.7 Å². The van der Waals surface area contributed by atoms with E-state index in [4.69, 9.17) is 5.73 Å². The fraction of sp³-hybridized carbons (Fsp3) is 0.235. The molecule has 3 N–H and O–H groups in total. The van der Waals surface area contributed by atoms with Gasteiger partial charge in [0.2, 0.25) is 5.91 Å². The van der Waals surface area contributed by atoms with Gasteiger partial charge in [-0.25, -0.2) is 0 Å². The van der Waals surface area contributed by atoms with E-state index in [0.29, 0.717) is 6.54 Å². The van der Waals surface area contributed by atoms with Gasteiger partial charge in [-0.2, -0.15) is 0 Å². The Morgan fingerprint density at radius 2 is 1.65 bits per heavy atom. The minimum Gasteiger partial charge on any atom is -0.354 e. The molecule has 0 saturated heterocycles. The molecule has 104 valence electrons. The topological polar surface area (TPSA) is 55.1 Å². The first-order valence-corrected chi connectivity index (χ1v) is 6.84. The number of amides is 1. The van der Waals surface area contributed by atoms with E-state index in [-0.39, 0.29) is 5.91 Å². The number of carbonyl (C=O) groups excluding carboxylic acids is 1. The molecule has 0 aromatic heterocycles. The maximum atomic E-state index is 11.3. The van der Waals surface area contributed by atoms with Gasteiger partial charge in [-0.15, -0.1) is 0 Å². The number of benzene rings is 2. The molecule has 0 aliphatic carbocycles. The molecule has 0 spiro atoms. The predicted molar refractivity (Wildman–Crippen MR) is 82.2 cm³/mol. The molecule has 1 amide bonds. The highest BCUT2D eigenvalue weighted by Crippen LogP contribution is 2.19. The molecule has 0 radical (unpaired) electrons. The van der Waals surface area contributed by atoms with E-state index in [1.54, 1.807) is 6.92 Å². The molecule has 2 rings (SSSR count). The van der Waals surface area contributed by atoms with Crippen LogP contribution >= 0.6 is 0 Å². The van der Waals surface area contributed by atoms with Crippen molar-refractivity contribution >= 4 is 5.91 Å². The molecule has 3 nitrogen and oxygen atoms in total. The van der Waals surface area contributed by atoms with Crippen molar-refractivity contribution in [3.8, 4) is 11.1 Å². The first-order chi connectivity index (χ1) is 9.66. The van der Waals surface area contributed by atoms with E-state index < -0.39 is 6.04 Å². The minimum atomic E-state index is -0.449. The van der Waals surface area contributed by atoms with Crippen LogP contribution in [-0.4, -0.2) is 18.5 Å². The molecule has 1 unspecified atom stereocenters. The van der Waals surface area contributed by atoms with Gasteiger partial charge in [0.1, 0.15) is 0 Å². The van der Waals surface area contributed by atoms with Crippen molar-refractivity contribution in [3.63, 3.8) is 0 Å². The van der Waals surface area contributed by atoms with Crippen molar-refractivity contribution in [1.29, 1.82) is 0 Å². The first kappa shape index (κ1) is 14.3. The lowest BCUT2D eigenvalue weighted by molar-refractivity contribution is -0.121. The minimum absolute atomic E-state index is 0.106. The second kappa shape index (κ2) is 6.87. The van der Waals surface area contributed by atoms with Crippen molar-refractivity contribution in [3.05, 3.63) is 60.2 Å². The maximum Gasteiger partial charge on any atom is 0.236 e. The summed E-state index contributed by atoms with van der Waals surface area (Å²) < 4.78 is 0. The van der Waals surface area contributed by atoms with Crippen LogP contribution in [0.25, 0.3) is 11.1 Å². The molecule has 20 heavy (non-hydrogen) atoms. The Morgan fingerprint density at radius 1 is 1.05 bits per heavy atom. The highest BCUT2D eigenvalue weighted by Gasteiger charge is 2.05. The summed E-state index contributed by atoms with van der Waals surface area (Å²) in [5, 5.41) is 2.81. The highest BCUT2D eigenvalue weighted by molar-refractivity contribution is 5.80. The third-order valence-electron chi connectivity index (χ3n) is 3.19. The fourth-order valence-electron chi connectivity index (χ4n) is 1.99. The highest BCUT2D eigenvalue weighted by atomic mass is 16.2. The molecule has 1 atom stereocenters. The van der Waals surface area contributed by atoms with Crippen LogP contribution in [0, 0.1) is 0 Å². The summed E-state index contributed by atoms with van der Waals surface area (Å²) in [4.78, 5) is 11.3. The van der Waals surface area contributed by atoms with Crippen LogP contribution in [0.4, 0.5) is 0 Å². The van der Waals surface area contributed by atoms with Gasteiger partial charge >= 0.3 is 0 Å². The fourth-order valence-corrected chi connectivity index (χ4v) is 1.99. The van der Waals surface area contributed by atoms with E-state index >= 15 is 0 Å². The first-order valence-electron chi connectivity index (χ1n) is 6.84. The van der Waals surface area contributed by atoms with Crippen LogP contribution in [-0.2, 0) is 11.2 Å². The van der Waals surface area contributed by atoms with Gasteiger partial charge in [0.05, 0.1) is 6.04 Å². The number of hydrogen-bond donors (Lipinski definition) is 2. The normalized spacial score (nSPS) is 11.9. The number of hydrogen-bond acceptors (Lipinski definition) is 2. The summed E-state index contributed by atoms with van der Waals surface area (Å²) in [6, 6.07) is 18.2. The Kier molecular flexibility index (Phi) is 4.91. The van der Waals surface area contributed by atoms with Crippen molar-refractivity contribution < 1.29 is 4.79 Å². The smallest absolute Gasteiger partial charge is 0.236 e. The number of nitrogens with two attached hydrogens (primary N) is 1. The number of carbonyl (C=O) groups is 1. The lowest BCUT2D eigenvalue weighted by Crippen LogP contribution is -2.39. The second-order valence-electron chi connectivity index (χ2n) is 4.89. The zero-order valence-electron chi connectivity index (χ0n) is 11.7. The van der Waals surface area contributed by atoms with Crippen LogP contribution in [0.2, 0.25) is 0 Å². The average molecular weight is 268 g/mol. The monoisotopic (exact) mass is 268 g/mol. The van der Waals surface area contributed by atoms with Gasteiger partial charge in [0.25, 0.3) is 0 Å². The molecule has 0 fully saturated rings. The Bertz CT molecular complexity index is 547. The Hall–Kier alpha value is -2.13. The van der Waals surface area contributed by atoms with Gasteiger partial charge in [-0.3, -0.25) is 4.79 Å². The van der Waals surface area contributed by atoms with Gasteiger partial charge in [-0.1, -0.05) is 54.6 Å². The van der Waals surface area contributed by atoms with E-state index in [1.165, 1.54) is 16.7 Å². The number of rotatable bonds is 5. The summed E-state index contributed by atoms with van der Waals surface area (Å²) in [5.41, 5.74) is 9.11. The third kappa shape index (κ3) is 3.93. The van der Waals surface area contributed by atoms with E-state index in [9.17, 15) is 4.79 Å². The van der Waals surface area contributed by atoms with Crippen LogP contribution in [0.1, 0.15) is 12.5 Å². The lowest BCUT2D eigenvalue weighted by atomic mass is 10.0. The molecule has 2 aromatic carbocycles. The van der Waals surface area contributed by atoms with E-state index in [0.717, 1.165) is 6.42 Å². The third-order valence-corrected chi connectivity index (χ3v) is 3.19. The average Bonchev–Trinajstić information content (AvgIpc) is 2.48. The molecular weight excluding hydrogens is 248 g/mol. The maximum absolute atomic E-state index is 11.3. The largest absolute Gasteiger partial charge is 0.354 e. The van der Waals surface area contributed by atoms with Gasteiger partial charge in [0.15, 0.2) is 0 Å². The quantitative estimate of drug-likeness (QED) is 0.874. The summed E-state index contributed by atoms with van der Waals surface area (Å²) in [5.74, 6) is -0.106. The molecule has 0 aliphatic rings.